The summed E-state index contributed by atoms with van der Waals surface area (Å²) >= 11 is 0. The SMILES string of the molecule is Cc1nc(C(C)(C)C)[nH]c(=O)c1C(=O)Nc1ncccc1O. The van der Waals surface area contributed by atoms with E-state index in [1.54, 1.807) is 6.92 Å². The number of H-pyrrole nitrogens is 1. The first-order valence-electron chi connectivity index (χ1n) is 6.77. The largest absolute Gasteiger partial charge is 0.504 e. The number of pyridine rings is 1. The normalized spacial score (nSPS) is 11.3. The molecule has 3 N–H and O–H groups in total. The molecule has 2 heterocycles. The van der Waals surface area contributed by atoms with E-state index in [2.05, 4.69) is 20.3 Å². The Kier molecular flexibility index (Phi) is 3.99. The molecule has 0 saturated carbocycles. The molecule has 7 nitrogen and oxygen atoms in total. The number of aromatic amines is 1. The number of carbonyl (C=O) groups excluding carboxylic acids is 1. The molecule has 0 aliphatic rings. The zero-order valence-electron chi connectivity index (χ0n) is 12.9. The van der Waals surface area contributed by atoms with Crippen LogP contribution in [0.25, 0.3) is 0 Å². The Morgan fingerprint density at radius 2 is 2.05 bits per heavy atom. The minimum absolute atomic E-state index is 0.00815. The van der Waals surface area contributed by atoms with Gasteiger partial charge in [-0.15, -0.1) is 0 Å². The number of aromatic nitrogens is 3. The van der Waals surface area contributed by atoms with E-state index in [9.17, 15) is 14.7 Å². The van der Waals surface area contributed by atoms with Crippen LogP contribution in [-0.2, 0) is 5.41 Å². The fraction of sp³-hybridized carbons (Fsp3) is 0.333. The zero-order chi connectivity index (χ0) is 16.5. The summed E-state index contributed by atoms with van der Waals surface area (Å²) in [5.41, 5.74) is -0.636. The summed E-state index contributed by atoms with van der Waals surface area (Å²) in [6, 6.07) is 2.92. The van der Waals surface area contributed by atoms with Gasteiger partial charge in [0.05, 0.1) is 5.69 Å². The van der Waals surface area contributed by atoms with Gasteiger partial charge in [0.2, 0.25) is 0 Å². The number of nitrogens with zero attached hydrogens (tertiary/aromatic N) is 2. The van der Waals surface area contributed by atoms with Crippen molar-refractivity contribution in [2.24, 2.45) is 0 Å². The van der Waals surface area contributed by atoms with E-state index in [0.717, 1.165) is 0 Å². The number of carbonyl (C=O) groups is 1. The van der Waals surface area contributed by atoms with E-state index >= 15 is 0 Å². The quantitative estimate of drug-likeness (QED) is 0.783. The maximum Gasteiger partial charge on any atom is 0.264 e. The average Bonchev–Trinajstić information content (AvgIpc) is 2.39. The number of hydrogen-bond acceptors (Lipinski definition) is 5. The number of rotatable bonds is 2. The molecule has 0 saturated heterocycles. The highest BCUT2D eigenvalue weighted by Crippen LogP contribution is 2.20. The van der Waals surface area contributed by atoms with E-state index in [1.165, 1.54) is 18.3 Å². The molecular weight excluding hydrogens is 284 g/mol. The Morgan fingerprint density at radius 1 is 1.36 bits per heavy atom. The summed E-state index contributed by atoms with van der Waals surface area (Å²) in [5, 5.41) is 12.0. The summed E-state index contributed by atoms with van der Waals surface area (Å²) in [5.74, 6) is -0.344. The van der Waals surface area contributed by atoms with Crippen molar-refractivity contribution in [1.29, 1.82) is 0 Å². The third-order valence-electron chi connectivity index (χ3n) is 3.06. The third kappa shape index (κ3) is 3.13. The maximum atomic E-state index is 12.2. The van der Waals surface area contributed by atoms with Gasteiger partial charge in [0.1, 0.15) is 11.4 Å². The second-order valence-corrected chi connectivity index (χ2v) is 5.95. The maximum absolute atomic E-state index is 12.2. The summed E-state index contributed by atoms with van der Waals surface area (Å²) in [7, 11) is 0. The van der Waals surface area contributed by atoms with Crippen LogP contribution in [0.4, 0.5) is 5.82 Å². The number of hydrogen-bond donors (Lipinski definition) is 3. The van der Waals surface area contributed by atoms with Crippen LogP contribution >= 0.6 is 0 Å². The number of aryl methyl sites for hydroxylation is 1. The highest BCUT2D eigenvalue weighted by atomic mass is 16.3. The van der Waals surface area contributed by atoms with Crippen molar-refractivity contribution >= 4 is 11.7 Å². The lowest BCUT2D eigenvalue weighted by atomic mass is 9.95. The fourth-order valence-corrected chi connectivity index (χ4v) is 1.87. The number of nitrogens with one attached hydrogen (secondary N) is 2. The Balaban J connectivity index is 2.39. The second kappa shape index (κ2) is 5.59. The van der Waals surface area contributed by atoms with Crippen molar-refractivity contribution in [3.8, 4) is 5.75 Å². The molecule has 116 valence electrons. The van der Waals surface area contributed by atoms with Gasteiger partial charge in [-0.05, 0) is 19.1 Å². The lowest BCUT2D eigenvalue weighted by Crippen LogP contribution is -2.30. The molecule has 0 aliphatic carbocycles. The summed E-state index contributed by atoms with van der Waals surface area (Å²) in [4.78, 5) is 35.2. The number of anilines is 1. The molecule has 2 aromatic heterocycles. The van der Waals surface area contributed by atoms with Gasteiger partial charge < -0.3 is 15.4 Å². The molecule has 0 fully saturated rings. The van der Waals surface area contributed by atoms with Crippen LogP contribution in [0.2, 0.25) is 0 Å². The van der Waals surface area contributed by atoms with E-state index in [0.29, 0.717) is 11.5 Å². The van der Waals surface area contributed by atoms with Crippen molar-refractivity contribution in [1.82, 2.24) is 15.0 Å². The molecule has 2 rings (SSSR count). The molecule has 2 aromatic rings. The molecule has 0 bridgehead atoms. The molecule has 0 spiro atoms. The van der Waals surface area contributed by atoms with E-state index in [4.69, 9.17) is 0 Å². The van der Waals surface area contributed by atoms with Gasteiger partial charge in [0.15, 0.2) is 11.6 Å². The molecule has 1 amide bonds. The van der Waals surface area contributed by atoms with Crippen LogP contribution in [0.3, 0.4) is 0 Å². The van der Waals surface area contributed by atoms with Crippen LogP contribution < -0.4 is 10.9 Å². The summed E-state index contributed by atoms with van der Waals surface area (Å²) < 4.78 is 0. The average molecular weight is 302 g/mol. The Morgan fingerprint density at radius 3 is 2.59 bits per heavy atom. The monoisotopic (exact) mass is 302 g/mol. The Hall–Kier alpha value is -2.70. The van der Waals surface area contributed by atoms with Crippen LogP contribution in [0.1, 0.15) is 42.6 Å². The van der Waals surface area contributed by atoms with E-state index in [-0.39, 0.29) is 22.5 Å². The second-order valence-electron chi connectivity index (χ2n) is 5.95. The number of amides is 1. The predicted octanol–water partition coefficient (Wildman–Crippen LogP) is 1.73. The zero-order valence-corrected chi connectivity index (χ0v) is 12.9. The lowest BCUT2D eigenvalue weighted by molar-refractivity contribution is 0.102. The minimum atomic E-state index is -0.666. The van der Waals surface area contributed by atoms with Gasteiger partial charge in [-0.2, -0.15) is 0 Å². The first kappa shape index (κ1) is 15.7. The fourth-order valence-electron chi connectivity index (χ4n) is 1.87. The Bertz CT molecular complexity index is 775. The minimum Gasteiger partial charge on any atom is -0.504 e. The molecule has 7 heteroatoms. The van der Waals surface area contributed by atoms with Crippen molar-refractivity contribution in [2.45, 2.75) is 33.1 Å². The Labute approximate surface area is 127 Å². The molecule has 0 unspecified atom stereocenters. The molecule has 0 aromatic carbocycles. The highest BCUT2D eigenvalue weighted by Gasteiger charge is 2.22. The third-order valence-corrected chi connectivity index (χ3v) is 3.06. The van der Waals surface area contributed by atoms with Gasteiger partial charge in [-0.3, -0.25) is 9.59 Å². The highest BCUT2D eigenvalue weighted by molar-refractivity contribution is 6.04. The first-order chi connectivity index (χ1) is 10.2. The molecular formula is C15H18N4O3. The first-order valence-corrected chi connectivity index (χ1v) is 6.77. The predicted molar refractivity (Wildman–Crippen MR) is 82.1 cm³/mol. The van der Waals surface area contributed by atoms with Crippen molar-refractivity contribution < 1.29 is 9.90 Å². The van der Waals surface area contributed by atoms with Gasteiger partial charge in [-0.25, -0.2) is 9.97 Å². The molecule has 22 heavy (non-hydrogen) atoms. The van der Waals surface area contributed by atoms with E-state index < -0.39 is 11.5 Å². The van der Waals surface area contributed by atoms with Crippen molar-refractivity contribution in [2.75, 3.05) is 5.32 Å². The number of aromatic hydroxyl groups is 1. The topological polar surface area (TPSA) is 108 Å². The van der Waals surface area contributed by atoms with Gasteiger partial charge >= 0.3 is 0 Å². The van der Waals surface area contributed by atoms with Crippen LogP contribution in [0, 0.1) is 6.92 Å². The van der Waals surface area contributed by atoms with E-state index in [1.807, 2.05) is 20.8 Å². The standard InChI is InChI=1S/C15H18N4O3/c1-8-10(13(22)19-14(17-8)15(2,3)4)12(21)18-11-9(20)6-5-7-16-11/h5-7,20H,1-4H3,(H,16,18,21)(H,17,19,22). The molecule has 0 atom stereocenters. The lowest BCUT2D eigenvalue weighted by Gasteiger charge is -2.18. The van der Waals surface area contributed by atoms with Crippen LogP contribution in [0.15, 0.2) is 23.1 Å². The van der Waals surface area contributed by atoms with Gasteiger partial charge in [0.25, 0.3) is 11.5 Å². The van der Waals surface area contributed by atoms with Gasteiger partial charge in [-0.1, -0.05) is 20.8 Å². The summed E-state index contributed by atoms with van der Waals surface area (Å²) in [6.07, 6.45) is 1.42. The van der Waals surface area contributed by atoms with Crippen LogP contribution in [-0.4, -0.2) is 26.0 Å². The van der Waals surface area contributed by atoms with Gasteiger partial charge in [0, 0.05) is 11.6 Å². The van der Waals surface area contributed by atoms with Crippen molar-refractivity contribution in [3.63, 3.8) is 0 Å². The van der Waals surface area contributed by atoms with Crippen molar-refractivity contribution in [3.05, 3.63) is 45.8 Å². The summed E-state index contributed by atoms with van der Waals surface area (Å²) in [6.45, 7) is 7.33. The molecule has 0 radical (unpaired) electrons. The molecule has 0 aliphatic heterocycles. The smallest absolute Gasteiger partial charge is 0.264 e. The van der Waals surface area contributed by atoms with Crippen LogP contribution in [0.5, 0.6) is 5.75 Å².